The Balaban J connectivity index is 3.64. The van der Waals surface area contributed by atoms with Gasteiger partial charge < -0.3 is 4.90 Å². The smallest absolute Gasteiger partial charge is 0.0224 e. The summed E-state index contributed by atoms with van der Waals surface area (Å²) in [5, 5.41) is 0. The fraction of sp³-hybridized carbons (Fsp3) is 0.692. The van der Waals surface area contributed by atoms with Crippen molar-refractivity contribution < 1.29 is 0 Å². The van der Waals surface area contributed by atoms with Crippen molar-refractivity contribution in [3.8, 4) is 0 Å². The minimum atomic E-state index is 0.840. The molecule has 0 aromatic heterocycles. The molecule has 0 aromatic rings. The van der Waals surface area contributed by atoms with E-state index in [9.17, 15) is 0 Å². The van der Waals surface area contributed by atoms with Gasteiger partial charge in [-0.15, -0.1) is 0 Å². The van der Waals surface area contributed by atoms with Gasteiger partial charge in [0.2, 0.25) is 0 Å². The summed E-state index contributed by atoms with van der Waals surface area (Å²) in [6, 6.07) is 0. The van der Waals surface area contributed by atoms with Crippen molar-refractivity contribution in [2.75, 3.05) is 20.1 Å². The number of likely N-dealkylation sites (N-methyl/N-ethyl adjacent to an activating group) is 1. The van der Waals surface area contributed by atoms with Crippen LogP contribution in [-0.4, -0.2) is 25.0 Å². The summed E-state index contributed by atoms with van der Waals surface area (Å²) in [5.74, 6) is 0.840. The highest BCUT2D eigenvalue weighted by Crippen LogP contribution is 2.07. The van der Waals surface area contributed by atoms with E-state index in [0.717, 1.165) is 12.5 Å². The first kappa shape index (κ1) is 13.4. The number of nitrogens with zero attached hydrogens (tertiary/aromatic N) is 1. The van der Waals surface area contributed by atoms with E-state index in [1.54, 1.807) is 0 Å². The molecule has 0 saturated carbocycles. The predicted molar refractivity (Wildman–Crippen MR) is 65.5 cm³/mol. The van der Waals surface area contributed by atoms with Crippen LogP contribution >= 0.6 is 0 Å². The maximum atomic E-state index is 4.00. The lowest BCUT2D eigenvalue weighted by Crippen LogP contribution is -2.23. The van der Waals surface area contributed by atoms with E-state index < -0.39 is 0 Å². The number of hydrogen-bond acceptors (Lipinski definition) is 1. The minimum Gasteiger partial charge on any atom is -0.302 e. The standard InChI is InChI=1S/C13H25N/c1-6-8-13(4)11-14(5)10-9-12(3)7-2/h6,8,12H,4,7,9-11H2,1-3,5H3/b8-6-. The van der Waals surface area contributed by atoms with Crippen LogP contribution < -0.4 is 0 Å². The Labute approximate surface area is 89.5 Å². The minimum absolute atomic E-state index is 0.840. The molecule has 1 unspecified atom stereocenters. The lowest BCUT2D eigenvalue weighted by molar-refractivity contribution is 0.326. The van der Waals surface area contributed by atoms with Gasteiger partial charge in [-0.25, -0.2) is 0 Å². The molecule has 0 saturated heterocycles. The van der Waals surface area contributed by atoms with Crippen molar-refractivity contribution in [3.05, 3.63) is 24.3 Å². The Morgan fingerprint density at radius 1 is 1.50 bits per heavy atom. The van der Waals surface area contributed by atoms with Crippen LogP contribution in [0, 0.1) is 5.92 Å². The quantitative estimate of drug-likeness (QED) is 0.562. The molecule has 0 radical (unpaired) electrons. The third kappa shape index (κ3) is 6.90. The average molecular weight is 195 g/mol. The fourth-order valence-corrected chi connectivity index (χ4v) is 1.36. The van der Waals surface area contributed by atoms with Crippen LogP contribution in [0.5, 0.6) is 0 Å². The molecule has 0 heterocycles. The van der Waals surface area contributed by atoms with Gasteiger partial charge in [-0.3, -0.25) is 0 Å². The Morgan fingerprint density at radius 3 is 2.64 bits per heavy atom. The van der Waals surface area contributed by atoms with Crippen molar-refractivity contribution in [1.82, 2.24) is 4.90 Å². The highest BCUT2D eigenvalue weighted by Gasteiger charge is 2.02. The fourth-order valence-electron chi connectivity index (χ4n) is 1.36. The normalized spacial score (nSPS) is 13.8. The summed E-state index contributed by atoms with van der Waals surface area (Å²) in [7, 11) is 2.16. The van der Waals surface area contributed by atoms with Crippen LogP contribution in [0.2, 0.25) is 0 Å². The van der Waals surface area contributed by atoms with Gasteiger partial charge in [-0.1, -0.05) is 39.0 Å². The van der Waals surface area contributed by atoms with Gasteiger partial charge in [0.1, 0.15) is 0 Å². The summed E-state index contributed by atoms with van der Waals surface area (Å²) in [6.07, 6.45) is 6.70. The predicted octanol–water partition coefficient (Wildman–Crippen LogP) is 3.49. The van der Waals surface area contributed by atoms with Gasteiger partial charge >= 0.3 is 0 Å². The van der Waals surface area contributed by atoms with Crippen molar-refractivity contribution in [1.29, 1.82) is 0 Å². The first-order chi connectivity index (χ1) is 6.60. The zero-order valence-electron chi connectivity index (χ0n) is 10.2. The maximum Gasteiger partial charge on any atom is 0.0224 e. The molecule has 0 spiro atoms. The molecule has 0 aliphatic carbocycles. The van der Waals surface area contributed by atoms with Crippen LogP contribution in [0.1, 0.15) is 33.6 Å². The topological polar surface area (TPSA) is 3.24 Å². The zero-order chi connectivity index (χ0) is 11.0. The molecule has 82 valence electrons. The van der Waals surface area contributed by atoms with E-state index in [-0.39, 0.29) is 0 Å². The lowest BCUT2D eigenvalue weighted by atomic mass is 10.1. The van der Waals surface area contributed by atoms with Gasteiger partial charge in [-0.05, 0) is 38.4 Å². The van der Waals surface area contributed by atoms with Gasteiger partial charge in [0.15, 0.2) is 0 Å². The van der Waals surface area contributed by atoms with Crippen LogP contribution in [0.15, 0.2) is 24.3 Å². The number of hydrogen-bond donors (Lipinski definition) is 0. The number of allylic oxidation sites excluding steroid dienone is 1. The maximum absolute atomic E-state index is 4.00. The summed E-state index contributed by atoms with van der Waals surface area (Å²) in [6.45, 7) is 12.8. The average Bonchev–Trinajstić information content (AvgIpc) is 2.14. The lowest BCUT2D eigenvalue weighted by Gasteiger charge is -2.18. The van der Waals surface area contributed by atoms with Gasteiger partial charge in [0, 0.05) is 6.54 Å². The summed E-state index contributed by atoms with van der Waals surface area (Å²) < 4.78 is 0. The third-order valence-electron chi connectivity index (χ3n) is 2.58. The molecule has 0 aliphatic heterocycles. The molecule has 1 heteroatoms. The molecule has 1 atom stereocenters. The van der Waals surface area contributed by atoms with E-state index in [0.29, 0.717) is 0 Å². The summed E-state index contributed by atoms with van der Waals surface area (Å²) in [5.41, 5.74) is 1.19. The van der Waals surface area contributed by atoms with E-state index in [4.69, 9.17) is 0 Å². The Kier molecular flexibility index (Phi) is 7.50. The van der Waals surface area contributed by atoms with E-state index in [1.165, 1.54) is 25.0 Å². The Bertz CT molecular complexity index is 182. The van der Waals surface area contributed by atoms with Crippen molar-refractivity contribution >= 4 is 0 Å². The van der Waals surface area contributed by atoms with Gasteiger partial charge in [0.05, 0.1) is 0 Å². The van der Waals surface area contributed by atoms with Crippen LogP contribution in [0.3, 0.4) is 0 Å². The molecule has 0 bridgehead atoms. The van der Waals surface area contributed by atoms with Gasteiger partial charge in [-0.2, -0.15) is 0 Å². The molecule has 0 N–H and O–H groups in total. The molecule has 0 fully saturated rings. The molecule has 1 nitrogen and oxygen atoms in total. The van der Waals surface area contributed by atoms with Crippen LogP contribution in [0.25, 0.3) is 0 Å². The van der Waals surface area contributed by atoms with Crippen LogP contribution in [-0.2, 0) is 0 Å². The number of rotatable bonds is 7. The second-order valence-corrected chi connectivity index (χ2v) is 4.20. The third-order valence-corrected chi connectivity index (χ3v) is 2.58. The molecular formula is C13H25N. The highest BCUT2D eigenvalue weighted by molar-refractivity contribution is 5.15. The summed E-state index contributed by atoms with van der Waals surface area (Å²) in [4.78, 5) is 2.34. The highest BCUT2D eigenvalue weighted by atomic mass is 15.1. The van der Waals surface area contributed by atoms with Crippen molar-refractivity contribution in [3.63, 3.8) is 0 Å². The first-order valence-electron chi connectivity index (χ1n) is 5.59. The molecule has 14 heavy (non-hydrogen) atoms. The molecule has 0 aromatic carbocycles. The van der Waals surface area contributed by atoms with Crippen molar-refractivity contribution in [2.24, 2.45) is 5.92 Å². The molecule has 0 aliphatic rings. The molecular weight excluding hydrogens is 170 g/mol. The van der Waals surface area contributed by atoms with Crippen LogP contribution in [0.4, 0.5) is 0 Å². The Morgan fingerprint density at radius 2 is 2.14 bits per heavy atom. The zero-order valence-corrected chi connectivity index (χ0v) is 10.2. The second-order valence-electron chi connectivity index (χ2n) is 4.20. The largest absolute Gasteiger partial charge is 0.302 e. The van der Waals surface area contributed by atoms with E-state index in [2.05, 4.69) is 38.5 Å². The molecule has 0 rings (SSSR count). The Hall–Kier alpha value is -0.560. The summed E-state index contributed by atoms with van der Waals surface area (Å²) >= 11 is 0. The van der Waals surface area contributed by atoms with E-state index in [1.807, 2.05) is 13.0 Å². The molecule has 0 amide bonds. The monoisotopic (exact) mass is 195 g/mol. The van der Waals surface area contributed by atoms with Gasteiger partial charge in [0.25, 0.3) is 0 Å². The first-order valence-corrected chi connectivity index (χ1v) is 5.59. The second kappa shape index (κ2) is 7.81. The van der Waals surface area contributed by atoms with Crippen molar-refractivity contribution in [2.45, 2.75) is 33.6 Å². The van der Waals surface area contributed by atoms with E-state index >= 15 is 0 Å². The SMILES string of the molecule is C=C(/C=C\C)CN(C)CCC(C)CC.